The highest BCUT2D eigenvalue weighted by Crippen LogP contribution is 2.42. The highest BCUT2D eigenvalue weighted by molar-refractivity contribution is 6.28. The molecule has 1 aliphatic carbocycles. The molecule has 8 nitrogen and oxygen atoms in total. The minimum Gasteiger partial charge on any atom is -0.449 e. The number of fused-ring (bicyclic) bond motifs is 4. The third kappa shape index (κ3) is 4.91. The topological polar surface area (TPSA) is 127 Å². The zero-order valence-corrected chi connectivity index (χ0v) is 19.6. The van der Waals surface area contributed by atoms with Crippen molar-refractivity contribution in [1.29, 1.82) is 0 Å². The molecule has 1 aliphatic rings. The van der Waals surface area contributed by atoms with Crippen molar-refractivity contribution in [2.45, 2.75) is 7.43 Å². The molecule has 0 heterocycles. The predicted molar refractivity (Wildman–Crippen MR) is 145 cm³/mol. The van der Waals surface area contributed by atoms with Crippen LogP contribution in [0, 0.1) is 0 Å². The average Bonchev–Trinajstić information content (AvgIpc) is 2.93. The Bertz CT molecular complexity index is 1530. The van der Waals surface area contributed by atoms with Gasteiger partial charge in [0.05, 0.1) is 0 Å². The molecule has 5 aromatic rings. The van der Waals surface area contributed by atoms with Crippen LogP contribution >= 0.6 is 0 Å². The molecule has 0 atom stereocenters. The molecule has 0 spiro atoms. The number of carbonyl (C=O) groups excluding carboxylic acids is 2. The highest BCUT2D eigenvalue weighted by Gasteiger charge is 2.28. The molecular formula is C31H22O8. The lowest BCUT2D eigenvalue weighted by molar-refractivity contribution is 0.0979. The molecule has 8 heteroatoms. The van der Waals surface area contributed by atoms with Crippen molar-refractivity contribution in [3.63, 3.8) is 0 Å². The summed E-state index contributed by atoms with van der Waals surface area (Å²) in [6.07, 6.45) is -2.88. The lowest BCUT2D eigenvalue weighted by atomic mass is 9.84. The number of rotatable bonds is 2. The van der Waals surface area contributed by atoms with Gasteiger partial charge in [0.1, 0.15) is 11.5 Å². The van der Waals surface area contributed by atoms with Gasteiger partial charge in [-0.2, -0.15) is 0 Å². The van der Waals surface area contributed by atoms with Gasteiger partial charge in [-0.1, -0.05) is 104 Å². The van der Waals surface area contributed by atoms with Gasteiger partial charge in [-0.25, -0.2) is 9.59 Å². The van der Waals surface area contributed by atoms with E-state index in [1.165, 1.54) is 0 Å². The molecule has 0 amide bonds. The summed E-state index contributed by atoms with van der Waals surface area (Å²) < 4.78 is 9.83. The maximum atomic E-state index is 12.1. The monoisotopic (exact) mass is 522 g/mol. The van der Waals surface area contributed by atoms with E-state index in [9.17, 15) is 19.2 Å². The fourth-order valence-electron chi connectivity index (χ4n) is 4.49. The van der Waals surface area contributed by atoms with Crippen LogP contribution in [0.5, 0.6) is 11.5 Å². The number of hydrogen-bond donors (Lipinski definition) is 2. The minimum atomic E-state index is -1.44. The average molecular weight is 523 g/mol. The van der Waals surface area contributed by atoms with Crippen molar-refractivity contribution >= 4 is 45.4 Å². The smallest absolute Gasteiger partial charge is 0.449 e. The van der Waals surface area contributed by atoms with E-state index in [1.807, 2.05) is 0 Å². The van der Waals surface area contributed by atoms with Crippen LogP contribution < -0.4 is 9.47 Å². The van der Waals surface area contributed by atoms with Crippen LogP contribution in [0.4, 0.5) is 9.59 Å². The summed E-state index contributed by atoms with van der Waals surface area (Å²) in [5, 5.41) is 19.7. The van der Waals surface area contributed by atoms with Crippen LogP contribution in [0.25, 0.3) is 21.5 Å². The van der Waals surface area contributed by atoms with Gasteiger partial charge in [0, 0.05) is 43.8 Å². The number of benzene rings is 5. The molecule has 0 radical (unpaired) electrons. The quantitative estimate of drug-likeness (QED) is 0.139. The van der Waals surface area contributed by atoms with Crippen LogP contribution in [0.15, 0.2) is 97.1 Å². The van der Waals surface area contributed by atoms with Crippen LogP contribution in [-0.4, -0.2) is 34.1 Å². The number of hydrogen-bond acceptors (Lipinski definition) is 6. The number of ether oxygens (including phenoxy) is 2. The standard InChI is InChI=1S/C16H10O6.C14H8O2.CH4/c17-15(18)21-13-9-5-1-2-6-10(9)14(22-16(19)20)12-8-4-3-7-11(12)13;15-13-9-5-1-2-6-10(9)14(16)12-8-4-3-7-11(12)13;/h1-8H,(H,17,18)(H,19,20);1-8H;1H4. The lowest BCUT2D eigenvalue weighted by Gasteiger charge is -2.16. The van der Waals surface area contributed by atoms with E-state index < -0.39 is 12.3 Å². The van der Waals surface area contributed by atoms with Crippen LogP contribution in [0.2, 0.25) is 0 Å². The molecular weight excluding hydrogens is 500 g/mol. The molecule has 0 unspecified atom stereocenters. The molecule has 5 aromatic carbocycles. The van der Waals surface area contributed by atoms with Crippen LogP contribution in [0.1, 0.15) is 39.3 Å². The summed E-state index contributed by atoms with van der Waals surface area (Å²) in [6, 6.07) is 27.3. The molecule has 0 fully saturated rings. The van der Waals surface area contributed by atoms with Crippen molar-refractivity contribution in [2.75, 3.05) is 0 Å². The van der Waals surface area contributed by atoms with Crippen molar-refractivity contribution < 1.29 is 38.9 Å². The number of carbonyl (C=O) groups is 4. The van der Waals surface area contributed by atoms with E-state index in [0.29, 0.717) is 43.8 Å². The Labute approximate surface area is 222 Å². The summed E-state index contributed by atoms with van der Waals surface area (Å²) in [6.45, 7) is 0. The Kier molecular flexibility index (Phi) is 7.39. The fraction of sp³-hybridized carbons (Fsp3) is 0.0323. The molecule has 0 bridgehead atoms. The fourth-order valence-corrected chi connectivity index (χ4v) is 4.49. The van der Waals surface area contributed by atoms with Crippen molar-refractivity contribution in [3.8, 4) is 11.5 Å². The van der Waals surface area contributed by atoms with Crippen LogP contribution in [0.3, 0.4) is 0 Å². The number of ketones is 2. The molecule has 194 valence electrons. The van der Waals surface area contributed by atoms with Gasteiger partial charge in [0.25, 0.3) is 0 Å². The molecule has 0 saturated carbocycles. The summed E-state index contributed by atoms with van der Waals surface area (Å²) in [7, 11) is 0. The van der Waals surface area contributed by atoms with E-state index in [-0.39, 0.29) is 30.5 Å². The Morgan fingerprint density at radius 3 is 0.923 bits per heavy atom. The van der Waals surface area contributed by atoms with E-state index in [0.717, 1.165) is 0 Å². The van der Waals surface area contributed by atoms with Crippen molar-refractivity contribution in [1.82, 2.24) is 0 Å². The second kappa shape index (κ2) is 10.9. The third-order valence-corrected chi connectivity index (χ3v) is 6.04. The summed E-state index contributed by atoms with van der Waals surface area (Å²) in [5.41, 5.74) is 2.02. The van der Waals surface area contributed by atoms with E-state index in [2.05, 4.69) is 0 Å². The Balaban J connectivity index is 0.000000184. The maximum Gasteiger partial charge on any atom is 0.511 e. The first-order valence-corrected chi connectivity index (χ1v) is 11.4. The van der Waals surface area contributed by atoms with Crippen molar-refractivity contribution in [3.05, 3.63) is 119 Å². The molecule has 0 saturated heterocycles. The first-order valence-electron chi connectivity index (χ1n) is 11.4. The molecule has 39 heavy (non-hydrogen) atoms. The number of carboxylic acid groups (broad SMARTS) is 2. The van der Waals surface area contributed by atoms with Gasteiger partial charge in [0.2, 0.25) is 0 Å². The van der Waals surface area contributed by atoms with Gasteiger partial charge in [-0.3, -0.25) is 9.59 Å². The Morgan fingerprint density at radius 1 is 0.462 bits per heavy atom. The maximum absolute atomic E-state index is 12.1. The van der Waals surface area contributed by atoms with E-state index in [4.69, 9.17) is 19.7 Å². The molecule has 0 aliphatic heterocycles. The first kappa shape index (κ1) is 26.6. The first-order chi connectivity index (χ1) is 18.4. The molecule has 6 rings (SSSR count). The Morgan fingerprint density at radius 2 is 0.692 bits per heavy atom. The summed E-state index contributed by atoms with van der Waals surface area (Å²) in [5.74, 6) is 0.171. The zero-order chi connectivity index (χ0) is 26.8. The van der Waals surface area contributed by atoms with Crippen LogP contribution in [-0.2, 0) is 0 Å². The lowest BCUT2D eigenvalue weighted by Crippen LogP contribution is -2.20. The van der Waals surface area contributed by atoms with E-state index in [1.54, 1.807) is 97.1 Å². The summed E-state index contributed by atoms with van der Waals surface area (Å²) >= 11 is 0. The highest BCUT2D eigenvalue weighted by atomic mass is 16.7. The van der Waals surface area contributed by atoms with Gasteiger partial charge < -0.3 is 19.7 Å². The third-order valence-electron chi connectivity index (χ3n) is 6.04. The summed E-state index contributed by atoms with van der Waals surface area (Å²) in [4.78, 5) is 46.1. The zero-order valence-electron chi connectivity index (χ0n) is 19.6. The molecule has 0 aromatic heterocycles. The second-order valence-corrected chi connectivity index (χ2v) is 8.23. The molecule has 2 N–H and O–H groups in total. The van der Waals surface area contributed by atoms with Gasteiger partial charge in [0.15, 0.2) is 11.6 Å². The van der Waals surface area contributed by atoms with Gasteiger partial charge in [-0.05, 0) is 0 Å². The minimum absolute atomic E-state index is 0. The normalized spacial score (nSPS) is 11.4. The van der Waals surface area contributed by atoms with Crippen molar-refractivity contribution in [2.24, 2.45) is 0 Å². The largest absolute Gasteiger partial charge is 0.511 e. The Hall–Kier alpha value is -5.50. The SMILES string of the molecule is C.O=C(O)Oc1c2ccccc2c(OC(=O)O)c2ccccc12.O=C1c2ccccc2C(=O)c2ccccc21. The van der Waals surface area contributed by atoms with E-state index >= 15 is 0 Å². The predicted octanol–water partition coefficient (Wildman–Crippen LogP) is 7.20. The second-order valence-electron chi connectivity index (χ2n) is 8.23. The van der Waals surface area contributed by atoms with Gasteiger partial charge >= 0.3 is 12.3 Å². The van der Waals surface area contributed by atoms with Gasteiger partial charge in [-0.15, -0.1) is 0 Å².